The molecule has 0 unspecified atom stereocenters. The summed E-state index contributed by atoms with van der Waals surface area (Å²) in [7, 11) is 0. The summed E-state index contributed by atoms with van der Waals surface area (Å²) in [6.07, 6.45) is 2.24. The SMILES string of the molecule is CC1(C)c2ccccc2-c2c1cc(-c1c3ccccc3c(N3CCCc4ccccc43)c3ccc(-c4cc5ccccc5c5ccccc45)cc13)c1ccccc21. The number of para-hydroxylation sites is 1. The van der Waals surface area contributed by atoms with E-state index in [1.165, 1.54) is 115 Å². The van der Waals surface area contributed by atoms with Gasteiger partial charge in [0.2, 0.25) is 0 Å². The van der Waals surface area contributed by atoms with Crippen molar-refractivity contribution in [1.29, 1.82) is 0 Å². The molecule has 1 nitrogen and oxygen atoms in total. The molecule has 1 aliphatic heterocycles. The number of nitrogens with zero attached hydrogens (tertiary/aromatic N) is 1. The Morgan fingerprint density at radius 2 is 1.04 bits per heavy atom. The van der Waals surface area contributed by atoms with Crippen LogP contribution < -0.4 is 4.90 Å². The average Bonchev–Trinajstić information content (AvgIpc) is 3.50. The highest BCUT2D eigenvalue weighted by atomic mass is 15.1. The maximum absolute atomic E-state index is 2.62. The predicted molar refractivity (Wildman–Crippen MR) is 244 cm³/mol. The van der Waals surface area contributed by atoms with Crippen LogP contribution in [0.2, 0.25) is 0 Å². The second-order valence-corrected chi connectivity index (χ2v) is 16.7. The first-order valence-electron chi connectivity index (χ1n) is 20.5. The fraction of sp³-hybridized carbons (Fsp3) is 0.107. The molecule has 57 heavy (non-hydrogen) atoms. The lowest BCUT2D eigenvalue weighted by molar-refractivity contribution is 0.661. The van der Waals surface area contributed by atoms with Gasteiger partial charge in [0.1, 0.15) is 0 Å². The Hall–Kier alpha value is -6.70. The quantitative estimate of drug-likeness (QED) is 0.129. The summed E-state index contributed by atoms with van der Waals surface area (Å²) in [6, 6.07) is 66.5. The van der Waals surface area contributed by atoms with Crippen LogP contribution in [-0.4, -0.2) is 6.54 Å². The van der Waals surface area contributed by atoms with Crippen molar-refractivity contribution in [2.75, 3.05) is 11.4 Å². The predicted octanol–water partition coefficient (Wildman–Crippen LogP) is 15.2. The van der Waals surface area contributed by atoms with Gasteiger partial charge >= 0.3 is 0 Å². The summed E-state index contributed by atoms with van der Waals surface area (Å²) >= 11 is 0. The summed E-state index contributed by atoms with van der Waals surface area (Å²) in [6.45, 7) is 5.80. The third-order valence-corrected chi connectivity index (χ3v) is 13.3. The van der Waals surface area contributed by atoms with Crippen LogP contribution in [0.3, 0.4) is 0 Å². The normalized spacial score (nSPS) is 14.4. The van der Waals surface area contributed by atoms with Gasteiger partial charge in [0.15, 0.2) is 0 Å². The molecule has 0 saturated carbocycles. The molecule has 2 aliphatic rings. The highest BCUT2D eigenvalue weighted by molar-refractivity contribution is 6.26. The zero-order chi connectivity index (χ0) is 37.8. The van der Waals surface area contributed by atoms with Crippen LogP contribution in [0.15, 0.2) is 176 Å². The molecular formula is C56H41N. The molecule has 10 aromatic carbocycles. The first-order valence-corrected chi connectivity index (χ1v) is 20.5. The van der Waals surface area contributed by atoms with Crippen molar-refractivity contribution in [2.24, 2.45) is 0 Å². The van der Waals surface area contributed by atoms with Gasteiger partial charge in [0.05, 0.1) is 5.69 Å². The molecule has 0 radical (unpaired) electrons. The van der Waals surface area contributed by atoms with Gasteiger partial charge in [-0.3, -0.25) is 0 Å². The molecular weight excluding hydrogens is 687 g/mol. The van der Waals surface area contributed by atoms with E-state index in [1.807, 2.05) is 0 Å². The lowest BCUT2D eigenvalue weighted by Gasteiger charge is -2.34. The molecule has 0 bridgehead atoms. The molecule has 270 valence electrons. The summed E-state index contributed by atoms with van der Waals surface area (Å²) in [5.41, 5.74) is 14.6. The van der Waals surface area contributed by atoms with E-state index in [1.54, 1.807) is 0 Å². The molecule has 0 atom stereocenters. The largest absolute Gasteiger partial charge is 0.340 e. The van der Waals surface area contributed by atoms with Gasteiger partial charge in [0.25, 0.3) is 0 Å². The van der Waals surface area contributed by atoms with Gasteiger partial charge in [-0.2, -0.15) is 0 Å². The highest BCUT2D eigenvalue weighted by Crippen LogP contribution is 2.55. The molecule has 10 aromatic rings. The van der Waals surface area contributed by atoms with Crippen molar-refractivity contribution >= 4 is 65.2 Å². The van der Waals surface area contributed by atoms with Gasteiger partial charge in [-0.05, 0) is 130 Å². The lowest BCUT2D eigenvalue weighted by atomic mass is 9.79. The Morgan fingerprint density at radius 3 is 1.86 bits per heavy atom. The summed E-state index contributed by atoms with van der Waals surface area (Å²) < 4.78 is 0. The number of benzene rings is 10. The first kappa shape index (κ1) is 32.5. The second-order valence-electron chi connectivity index (χ2n) is 16.7. The van der Waals surface area contributed by atoms with Crippen LogP contribution in [0.1, 0.15) is 37.0 Å². The van der Waals surface area contributed by atoms with Crippen molar-refractivity contribution in [2.45, 2.75) is 32.1 Å². The van der Waals surface area contributed by atoms with E-state index in [4.69, 9.17) is 0 Å². The van der Waals surface area contributed by atoms with Gasteiger partial charge in [-0.25, -0.2) is 0 Å². The maximum Gasteiger partial charge on any atom is 0.0570 e. The minimum absolute atomic E-state index is 0.136. The molecule has 1 heteroatoms. The minimum Gasteiger partial charge on any atom is -0.340 e. The first-order chi connectivity index (χ1) is 28.1. The number of anilines is 2. The van der Waals surface area contributed by atoms with Crippen molar-refractivity contribution in [3.63, 3.8) is 0 Å². The number of rotatable bonds is 3. The van der Waals surface area contributed by atoms with Crippen LogP contribution in [0.25, 0.3) is 87.2 Å². The van der Waals surface area contributed by atoms with Crippen LogP contribution in [-0.2, 0) is 11.8 Å². The molecule has 0 N–H and O–H groups in total. The van der Waals surface area contributed by atoms with E-state index < -0.39 is 0 Å². The van der Waals surface area contributed by atoms with Gasteiger partial charge < -0.3 is 4.90 Å². The van der Waals surface area contributed by atoms with E-state index in [9.17, 15) is 0 Å². The molecule has 0 amide bonds. The molecule has 0 fully saturated rings. The third-order valence-electron chi connectivity index (χ3n) is 13.3. The average molecular weight is 728 g/mol. The number of fused-ring (bicyclic) bond motifs is 11. The highest BCUT2D eigenvalue weighted by Gasteiger charge is 2.37. The Morgan fingerprint density at radius 1 is 0.421 bits per heavy atom. The molecule has 0 aromatic heterocycles. The Kier molecular flexibility index (Phi) is 6.93. The maximum atomic E-state index is 2.62. The van der Waals surface area contributed by atoms with E-state index in [-0.39, 0.29) is 5.41 Å². The van der Waals surface area contributed by atoms with Crippen molar-refractivity contribution in [1.82, 2.24) is 0 Å². The topological polar surface area (TPSA) is 3.24 Å². The van der Waals surface area contributed by atoms with Crippen LogP contribution >= 0.6 is 0 Å². The smallest absolute Gasteiger partial charge is 0.0570 e. The van der Waals surface area contributed by atoms with Gasteiger partial charge in [-0.15, -0.1) is 0 Å². The van der Waals surface area contributed by atoms with Crippen molar-refractivity contribution < 1.29 is 0 Å². The number of hydrogen-bond acceptors (Lipinski definition) is 1. The van der Waals surface area contributed by atoms with Crippen molar-refractivity contribution in [3.8, 4) is 33.4 Å². The molecule has 0 saturated heterocycles. The van der Waals surface area contributed by atoms with E-state index in [2.05, 4.69) is 195 Å². The lowest BCUT2D eigenvalue weighted by Crippen LogP contribution is -2.25. The van der Waals surface area contributed by atoms with Crippen LogP contribution in [0.4, 0.5) is 11.4 Å². The minimum atomic E-state index is -0.136. The molecule has 1 heterocycles. The van der Waals surface area contributed by atoms with Gasteiger partial charge in [-0.1, -0.05) is 166 Å². The fourth-order valence-corrected chi connectivity index (χ4v) is 10.7. The zero-order valence-corrected chi connectivity index (χ0v) is 32.3. The number of aryl methyl sites for hydroxylation is 1. The summed E-state index contributed by atoms with van der Waals surface area (Å²) in [4.78, 5) is 2.62. The molecule has 1 aliphatic carbocycles. The van der Waals surface area contributed by atoms with E-state index in [0.717, 1.165) is 19.4 Å². The Balaban J connectivity index is 1.24. The van der Waals surface area contributed by atoms with Crippen molar-refractivity contribution in [3.05, 3.63) is 193 Å². The van der Waals surface area contributed by atoms with E-state index in [0.29, 0.717) is 0 Å². The molecule has 12 rings (SSSR count). The monoisotopic (exact) mass is 727 g/mol. The van der Waals surface area contributed by atoms with Gasteiger partial charge in [0, 0.05) is 28.4 Å². The third kappa shape index (κ3) is 4.63. The second kappa shape index (κ2) is 12.1. The summed E-state index contributed by atoms with van der Waals surface area (Å²) in [5.74, 6) is 0. The fourth-order valence-electron chi connectivity index (χ4n) is 10.7. The number of hydrogen-bond donors (Lipinski definition) is 0. The Bertz CT molecular complexity index is 3310. The van der Waals surface area contributed by atoms with Crippen LogP contribution in [0, 0.1) is 0 Å². The van der Waals surface area contributed by atoms with E-state index >= 15 is 0 Å². The van der Waals surface area contributed by atoms with Crippen LogP contribution in [0.5, 0.6) is 0 Å². The standard InChI is InChI=1S/C56H41N/c1-56(2)50-27-13-12-26-46(50)54-42-23-9-8-22-41(42)49(34-51(54)56)53-43-24-10-11-25-44(43)55(57-31-15-18-35-16-4-14-28-52(35)57)45-30-29-37(33-48(45)53)47-32-36-17-3-5-19-38(36)39-20-6-7-21-40(39)47/h3-14,16-17,19-30,32-34H,15,18,31H2,1-2H3. The summed E-state index contributed by atoms with van der Waals surface area (Å²) in [5, 5.41) is 12.9. The molecule has 0 spiro atoms. The zero-order valence-electron chi connectivity index (χ0n) is 32.3. The Labute approximate surface area is 333 Å².